The van der Waals surface area contributed by atoms with Crippen LogP contribution in [0.4, 0.5) is 0 Å². The van der Waals surface area contributed by atoms with Gasteiger partial charge < -0.3 is 14.7 Å². The molecule has 1 amide bonds. The van der Waals surface area contributed by atoms with E-state index in [9.17, 15) is 9.90 Å². The van der Waals surface area contributed by atoms with Gasteiger partial charge in [0.25, 0.3) is 5.91 Å². The van der Waals surface area contributed by atoms with Crippen LogP contribution in [0, 0.1) is 12.8 Å². The molecule has 5 heteroatoms. The number of nitrogens with zero attached hydrogens (tertiary/aromatic N) is 2. The molecule has 0 spiro atoms. The second kappa shape index (κ2) is 10.4. The third-order valence-corrected chi connectivity index (χ3v) is 6.19. The number of amides is 1. The second-order valence-electron chi connectivity index (χ2n) is 9.12. The van der Waals surface area contributed by atoms with Crippen molar-refractivity contribution in [2.75, 3.05) is 39.3 Å². The Morgan fingerprint density at radius 1 is 1.13 bits per heavy atom. The fraction of sp³-hybridized carbons (Fsp3) is 0.500. The number of benzene rings is 2. The number of carbonyl (C=O) groups excluding carboxylic acids is 1. The van der Waals surface area contributed by atoms with Gasteiger partial charge >= 0.3 is 0 Å². The van der Waals surface area contributed by atoms with Crippen molar-refractivity contribution in [3.63, 3.8) is 0 Å². The first-order chi connectivity index (χ1) is 15.1. The van der Waals surface area contributed by atoms with Crippen LogP contribution >= 0.6 is 0 Å². The van der Waals surface area contributed by atoms with Crippen molar-refractivity contribution in [2.24, 2.45) is 5.92 Å². The Balaban J connectivity index is 1.33. The van der Waals surface area contributed by atoms with Crippen molar-refractivity contribution >= 4 is 5.91 Å². The van der Waals surface area contributed by atoms with Gasteiger partial charge in [0.05, 0.1) is 18.8 Å². The lowest BCUT2D eigenvalue weighted by molar-refractivity contribution is -0.0506. The molecule has 5 nitrogen and oxygen atoms in total. The van der Waals surface area contributed by atoms with Crippen LogP contribution in [0.2, 0.25) is 0 Å². The number of hydrogen-bond acceptors (Lipinski definition) is 4. The summed E-state index contributed by atoms with van der Waals surface area (Å²) in [6.07, 6.45) is 2.65. The molecule has 0 bridgehead atoms. The summed E-state index contributed by atoms with van der Waals surface area (Å²) in [6, 6.07) is 17.9. The van der Waals surface area contributed by atoms with Gasteiger partial charge in [0.1, 0.15) is 0 Å². The summed E-state index contributed by atoms with van der Waals surface area (Å²) in [5.41, 5.74) is 3.06. The fourth-order valence-corrected chi connectivity index (χ4v) is 4.28. The summed E-state index contributed by atoms with van der Waals surface area (Å²) < 4.78 is 6.03. The molecule has 2 aromatic carbocycles. The molecule has 1 heterocycles. The van der Waals surface area contributed by atoms with Crippen molar-refractivity contribution in [3.05, 3.63) is 71.3 Å². The van der Waals surface area contributed by atoms with Gasteiger partial charge in [-0.2, -0.15) is 0 Å². The standard InChI is InChI=1S/C26H34N2O3/c1-20-7-11-23(12-8-20)26(30)28(16-22-9-10-22)19-25-18-27(13-14-31-25)17-24(29)15-21-5-3-2-4-6-21/h2-8,11-12,22,24-25,29H,9-10,13-19H2,1H3/t24-,25+/m1/s1. The highest BCUT2D eigenvalue weighted by atomic mass is 16.5. The highest BCUT2D eigenvalue weighted by Crippen LogP contribution is 2.30. The Kier molecular flexibility index (Phi) is 7.38. The number of β-amino-alcohol motifs (C(OH)–C–C–N with tert-alkyl or cyclic N) is 1. The average molecular weight is 423 g/mol. The summed E-state index contributed by atoms with van der Waals surface area (Å²) in [4.78, 5) is 17.4. The first-order valence-electron chi connectivity index (χ1n) is 11.5. The lowest BCUT2D eigenvalue weighted by Crippen LogP contribution is -2.50. The predicted octanol–water partition coefficient (Wildman–Crippen LogP) is 3.15. The van der Waals surface area contributed by atoms with Crippen LogP contribution in [0.1, 0.15) is 34.3 Å². The smallest absolute Gasteiger partial charge is 0.253 e. The van der Waals surface area contributed by atoms with Crippen LogP contribution in [0.3, 0.4) is 0 Å². The number of rotatable bonds is 9. The molecule has 2 atom stereocenters. The number of aliphatic hydroxyl groups excluding tert-OH is 1. The van der Waals surface area contributed by atoms with Crippen molar-refractivity contribution in [1.82, 2.24) is 9.80 Å². The number of aryl methyl sites for hydroxylation is 1. The van der Waals surface area contributed by atoms with E-state index in [1.54, 1.807) is 0 Å². The van der Waals surface area contributed by atoms with E-state index in [4.69, 9.17) is 4.74 Å². The monoisotopic (exact) mass is 422 g/mol. The molecule has 1 aliphatic carbocycles. The Hall–Kier alpha value is -2.21. The molecule has 0 radical (unpaired) electrons. The number of ether oxygens (including phenoxy) is 1. The summed E-state index contributed by atoms with van der Waals surface area (Å²) >= 11 is 0. The molecule has 0 aromatic heterocycles. The molecule has 1 saturated heterocycles. The molecule has 166 valence electrons. The van der Waals surface area contributed by atoms with E-state index in [0.29, 0.717) is 32.0 Å². The normalized spacial score (nSPS) is 20.4. The quantitative estimate of drug-likeness (QED) is 0.675. The Bertz CT molecular complexity index is 835. The maximum Gasteiger partial charge on any atom is 0.253 e. The Labute approximate surface area is 185 Å². The molecule has 1 saturated carbocycles. The molecule has 4 rings (SSSR count). The molecule has 2 fully saturated rings. The largest absolute Gasteiger partial charge is 0.391 e. The fourth-order valence-electron chi connectivity index (χ4n) is 4.28. The van der Waals surface area contributed by atoms with Crippen LogP contribution < -0.4 is 0 Å². The average Bonchev–Trinajstić information content (AvgIpc) is 3.58. The van der Waals surface area contributed by atoms with E-state index in [0.717, 1.165) is 36.3 Å². The minimum Gasteiger partial charge on any atom is -0.391 e. The van der Waals surface area contributed by atoms with E-state index < -0.39 is 6.10 Å². The number of aliphatic hydroxyl groups is 1. The molecule has 0 unspecified atom stereocenters. The van der Waals surface area contributed by atoms with Crippen LogP contribution in [0.5, 0.6) is 0 Å². The highest BCUT2D eigenvalue weighted by Gasteiger charge is 2.31. The molecule has 2 aromatic rings. The third kappa shape index (κ3) is 6.63. The van der Waals surface area contributed by atoms with E-state index in [1.807, 2.05) is 54.3 Å². The van der Waals surface area contributed by atoms with Gasteiger partial charge in [0, 0.05) is 38.3 Å². The van der Waals surface area contributed by atoms with Gasteiger partial charge in [-0.3, -0.25) is 9.69 Å². The van der Waals surface area contributed by atoms with Crippen molar-refractivity contribution < 1.29 is 14.6 Å². The molecular weight excluding hydrogens is 388 g/mol. The van der Waals surface area contributed by atoms with Gasteiger partial charge in [-0.05, 0) is 49.8 Å². The van der Waals surface area contributed by atoms with Crippen LogP contribution in [0.15, 0.2) is 54.6 Å². The first kappa shape index (κ1) is 22.0. The number of carbonyl (C=O) groups is 1. The summed E-state index contributed by atoms with van der Waals surface area (Å²) in [5, 5.41) is 10.6. The number of morpholine rings is 1. The number of hydrogen-bond donors (Lipinski definition) is 1. The van der Waals surface area contributed by atoms with E-state index >= 15 is 0 Å². The van der Waals surface area contributed by atoms with Crippen molar-refractivity contribution in [3.8, 4) is 0 Å². The molecule has 31 heavy (non-hydrogen) atoms. The zero-order valence-corrected chi connectivity index (χ0v) is 18.5. The summed E-state index contributed by atoms with van der Waals surface area (Å²) in [7, 11) is 0. The molecular formula is C26H34N2O3. The highest BCUT2D eigenvalue weighted by molar-refractivity contribution is 5.94. The van der Waals surface area contributed by atoms with E-state index in [2.05, 4.69) is 17.0 Å². The van der Waals surface area contributed by atoms with E-state index in [-0.39, 0.29) is 12.0 Å². The lowest BCUT2D eigenvalue weighted by atomic mass is 10.1. The SMILES string of the molecule is Cc1ccc(C(=O)N(CC2CC2)C[C@@H]2CN(C[C@H](O)Cc3ccccc3)CCO2)cc1. The van der Waals surface area contributed by atoms with Crippen LogP contribution in [0.25, 0.3) is 0 Å². The van der Waals surface area contributed by atoms with Gasteiger partial charge in [0.15, 0.2) is 0 Å². The molecule has 1 aliphatic heterocycles. The van der Waals surface area contributed by atoms with Gasteiger partial charge in [-0.1, -0.05) is 48.0 Å². The summed E-state index contributed by atoms with van der Waals surface area (Å²) in [6.45, 7) is 6.28. The molecule has 2 aliphatic rings. The maximum atomic E-state index is 13.2. The zero-order chi connectivity index (χ0) is 21.6. The summed E-state index contributed by atoms with van der Waals surface area (Å²) in [5.74, 6) is 0.721. The third-order valence-electron chi connectivity index (χ3n) is 6.19. The second-order valence-corrected chi connectivity index (χ2v) is 9.12. The van der Waals surface area contributed by atoms with E-state index in [1.165, 1.54) is 12.8 Å². The maximum absolute atomic E-state index is 13.2. The minimum absolute atomic E-state index is 0.0224. The van der Waals surface area contributed by atoms with Crippen molar-refractivity contribution in [1.29, 1.82) is 0 Å². The Morgan fingerprint density at radius 2 is 1.87 bits per heavy atom. The lowest BCUT2D eigenvalue weighted by Gasteiger charge is -2.36. The Morgan fingerprint density at radius 3 is 2.58 bits per heavy atom. The van der Waals surface area contributed by atoms with Gasteiger partial charge in [-0.15, -0.1) is 0 Å². The zero-order valence-electron chi connectivity index (χ0n) is 18.5. The minimum atomic E-state index is -0.405. The van der Waals surface area contributed by atoms with Crippen molar-refractivity contribution in [2.45, 2.75) is 38.4 Å². The van der Waals surface area contributed by atoms with Gasteiger partial charge in [0.2, 0.25) is 0 Å². The van der Waals surface area contributed by atoms with Crippen LogP contribution in [-0.4, -0.2) is 72.4 Å². The first-order valence-corrected chi connectivity index (χ1v) is 11.5. The predicted molar refractivity (Wildman–Crippen MR) is 122 cm³/mol. The van der Waals surface area contributed by atoms with Crippen LogP contribution in [-0.2, 0) is 11.2 Å². The topological polar surface area (TPSA) is 53.0 Å². The molecule has 1 N–H and O–H groups in total. The van der Waals surface area contributed by atoms with Gasteiger partial charge in [-0.25, -0.2) is 0 Å².